The van der Waals surface area contributed by atoms with Gasteiger partial charge in [-0.05, 0) is 98.8 Å². The van der Waals surface area contributed by atoms with E-state index >= 15 is 0 Å². The molecule has 1 aromatic heterocycles. The van der Waals surface area contributed by atoms with Crippen molar-refractivity contribution in [2.75, 3.05) is 0 Å². The van der Waals surface area contributed by atoms with Crippen LogP contribution in [0.1, 0.15) is 58.4 Å². The minimum Gasteiger partial charge on any atom is -0.355 e. The molecule has 4 aromatic carbocycles. The number of fused-ring (bicyclic) bond motifs is 9. The first-order chi connectivity index (χ1) is 28.2. The van der Waals surface area contributed by atoms with Gasteiger partial charge in [-0.2, -0.15) is 0 Å². The largest absolute Gasteiger partial charge is 0.355 e. The normalized spacial score (nSPS) is 14.8. The zero-order valence-electron chi connectivity index (χ0n) is 32.1. The molecule has 0 spiro atoms. The number of aromatic nitrogens is 1. The zero-order chi connectivity index (χ0) is 38.3. The SMILES string of the molecule is CCc1c(CC)c2[nH]c1=CC1=NC(=Cc3cc(c4cccccc3-4)C=C3N=C(C=2)C(c2ccccc2)=C3c2ccccc2)C(c2ccccc2)=C1c1ccccc1. The second-order valence-corrected chi connectivity index (χ2v) is 14.7. The van der Waals surface area contributed by atoms with Crippen LogP contribution in [0.2, 0.25) is 0 Å². The Kier molecular flexibility index (Phi) is 8.76. The number of hydrogen-bond acceptors (Lipinski definition) is 2. The van der Waals surface area contributed by atoms with Gasteiger partial charge in [0.15, 0.2) is 0 Å². The molecule has 10 rings (SSSR count). The second-order valence-electron chi connectivity index (χ2n) is 14.7. The summed E-state index contributed by atoms with van der Waals surface area (Å²) in [4.78, 5) is 15.1. The lowest BCUT2D eigenvalue weighted by Crippen LogP contribution is -2.16. The molecule has 0 atom stereocenters. The molecule has 0 radical (unpaired) electrons. The second kappa shape index (κ2) is 14.5. The van der Waals surface area contributed by atoms with Crippen molar-refractivity contribution >= 4 is 58.0 Å². The van der Waals surface area contributed by atoms with Crippen molar-refractivity contribution in [2.45, 2.75) is 26.7 Å². The number of benzene rings is 4. The average Bonchev–Trinajstić information content (AvgIpc) is 3.93. The van der Waals surface area contributed by atoms with E-state index in [4.69, 9.17) is 9.98 Å². The van der Waals surface area contributed by atoms with Gasteiger partial charge in [-0.15, -0.1) is 0 Å². The summed E-state index contributed by atoms with van der Waals surface area (Å²) in [5.41, 5.74) is 20.1. The van der Waals surface area contributed by atoms with Gasteiger partial charge in [-0.1, -0.05) is 166 Å². The van der Waals surface area contributed by atoms with Crippen molar-refractivity contribution < 1.29 is 0 Å². The van der Waals surface area contributed by atoms with E-state index < -0.39 is 0 Å². The minimum atomic E-state index is 0.887. The van der Waals surface area contributed by atoms with Crippen LogP contribution in [0, 0.1) is 0 Å². The fraction of sp³-hybridized carbons (Fsp3) is 0.0741. The van der Waals surface area contributed by atoms with Crippen LogP contribution >= 0.6 is 0 Å². The Morgan fingerprint density at radius 3 is 1.07 bits per heavy atom. The van der Waals surface area contributed by atoms with E-state index in [1.165, 1.54) is 22.3 Å². The number of rotatable bonds is 6. The maximum Gasteiger partial charge on any atom is 0.0743 e. The highest BCUT2D eigenvalue weighted by molar-refractivity contribution is 6.47. The molecular weight excluding hydrogens is 691 g/mol. The van der Waals surface area contributed by atoms with Crippen molar-refractivity contribution in [3.63, 3.8) is 0 Å². The van der Waals surface area contributed by atoms with Crippen LogP contribution in [-0.4, -0.2) is 16.4 Å². The quantitative estimate of drug-likeness (QED) is 0.177. The van der Waals surface area contributed by atoms with Crippen molar-refractivity contribution in [3.8, 4) is 11.1 Å². The fourth-order valence-corrected chi connectivity index (χ4v) is 8.86. The lowest BCUT2D eigenvalue weighted by atomic mass is 9.91. The highest BCUT2D eigenvalue weighted by Gasteiger charge is 2.29. The van der Waals surface area contributed by atoms with Crippen molar-refractivity contribution in [1.82, 2.24) is 4.98 Å². The minimum absolute atomic E-state index is 0.887. The predicted molar refractivity (Wildman–Crippen MR) is 241 cm³/mol. The lowest BCUT2D eigenvalue weighted by molar-refractivity contribution is 1.04. The number of aliphatic imine (C=N–C) groups is 2. The van der Waals surface area contributed by atoms with Crippen molar-refractivity contribution in [3.05, 3.63) is 224 Å². The summed E-state index contributed by atoms with van der Waals surface area (Å²) in [5.74, 6) is 0. The third kappa shape index (κ3) is 6.09. The van der Waals surface area contributed by atoms with E-state index in [1.54, 1.807) is 0 Å². The molecule has 3 nitrogen and oxygen atoms in total. The number of allylic oxidation sites excluding steroid dienone is 4. The number of aromatic amines is 1. The molecule has 272 valence electrons. The van der Waals surface area contributed by atoms with Crippen molar-refractivity contribution in [1.29, 1.82) is 0 Å². The van der Waals surface area contributed by atoms with Gasteiger partial charge in [0, 0.05) is 33.0 Å². The third-order valence-corrected chi connectivity index (χ3v) is 11.4. The summed E-state index contributed by atoms with van der Waals surface area (Å²) in [6.45, 7) is 4.51. The number of nitrogens with zero attached hydrogens (tertiary/aromatic N) is 2. The highest BCUT2D eigenvalue weighted by atomic mass is 14.8. The van der Waals surface area contributed by atoms with Gasteiger partial charge in [0.1, 0.15) is 0 Å². The van der Waals surface area contributed by atoms with Gasteiger partial charge < -0.3 is 4.98 Å². The lowest BCUT2D eigenvalue weighted by Gasteiger charge is -2.10. The Balaban J connectivity index is 1.35. The van der Waals surface area contributed by atoms with Crippen LogP contribution in [0.25, 0.3) is 57.7 Å². The molecule has 5 aliphatic rings. The molecule has 0 saturated heterocycles. The van der Waals surface area contributed by atoms with Gasteiger partial charge in [0.05, 0.1) is 22.8 Å². The monoisotopic (exact) mass is 731 g/mol. The molecule has 57 heavy (non-hydrogen) atoms. The van der Waals surface area contributed by atoms with Gasteiger partial charge in [0.25, 0.3) is 0 Å². The summed E-state index contributed by atoms with van der Waals surface area (Å²) in [6.07, 6.45) is 10.9. The topological polar surface area (TPSA) is 40.5 Å². The van der Waals surface area contributed by atoms with Gasteiger partial charge >= 0.3 is 0 Å². The van der Waals surface area contributed by atoms with Crippen molar-refractivity contribution in [2.24, 2.45) is 9.98 Å². The summed E-state index contributed by atoms with van der Waals surface area (Å²) >= 11 is 0. The van der Waals surface area contributed by atoms with E-state index in [9.17, 15) is 0 Å². The Bertz CT molecular complexity index is 2770. The highest BCUT2D eigenvalue weighted by Crippen LogP contribution is 2.45. The van der Waals surface area contributed by atoms with Crippen LogP contribution in [0.3, 0.4) is 0 Å². The first kappa shape index (κ1) is 34.4. The number of H-pyrrole nitrogens is 1. The average molecular weight is 732 g/mol. The molecule has 0 saturated carbocycles. The van der Waals surface area contributed by atoms with Crippen LogP contribution in [0.15, 0.2) is 179 Å². The first-order valence-electron chi connectivity index (χ1n) is 20.0. The van der Waals surface area contributed by atoms with Gasteiger partial charge in [0.2, 0.25) is 0 Å². The summed E-state index contributed by atoms with van der Waals surface area (Å²) in [6, 6.07) is 56.1. The molecule has 0 unspecified atom stereocenters. The fourth-order valence-electron chi connectivity index (χ4n) is 8.86. The molecule has 1 N–H and O–H groups in total. The maximum atomic E-state index is 5.57. The van der Waals surface area contributed by atoms with E-state index in [2.05, 4.69) is 201 Å². The van der Waals surface area contributed by atoms with E-state index in [1.807, 2.05) is 0 Å². The third-order valence-electron chi connectivity index (χ3n) is 11.4. The Hall–Kier alpha value is -7.10. The van der Waals surface area contributed by atoms with E-state index in [0.717, 1.165) is 102 Å². The van der Waals surface area contributed by atoms with Gasteiger partial charge in [-0.3, -0.25) is 0 Å². The summed E-state index contributed by atoms with van der Waals surface area (Å²) in [5, 5.41) is 2.17. The predicted octanol–water partition coefficient (Wildman–Crippen LogP) is 11.3. The van der Waals surface area contributed by atoms with Crippen LogP contribution < -0.4 is 10.7 Å². The van der Waals surface area contributed by atoms with E-state index in [-0.39, 0.29) is 0 Å². The molecule has 4 heterocycles. The Morgan fingerprint density at radius 1 is 0.386 bits per heavy atom. The molecule has 8 bridgehead atoms. The van der Waals surface area contributed by atoms with Crippen LogP contribution in [0.5, 0.6) is 0 Å². The molecule has 3 heteroatoms. The first-order valence-corrected chi connectivity index (χ1v) is 20.0. The van der Waals surface area contributed by atoms with E-state index in [0.29, 0.717) is 0 Å². The smallest absolute Gasteiger partial charge is 0.0743 e. The Morgan fingerprint density at radius 2 is 0.719 bits per heavy atom. The maximum absolute atomic E-state index is 5.57. The summed E-state index contributed by atoms with van der Waals surface area (Å²) in [7, 11) is 0. The molecule has 0 fully saturated rings. The van der Waals surface area contributed by atoms with Crippen LogP contribution in [0.4, 0.5) is 0 Å². The molecule has 2 aliphatic carbocycles. The molecule has 3 aliphatic heterocycles. The summed E-state index contributed by atoms with van der Waals surface area (Å²) < 4.78 is 0. The Labute approximate surface area is 333 Å². The van der Waals surface area contributed by atoms with Gasteiger partial charge in [-0.25, -0.2) is 9.98 Å². The number of nitrogens with one attached hydrogen (secondary N) is 1. The standard InChI is InChI=1S/C54H41N3/c1-3-41-42(4-2)46-34-50-54(38-26-16-8-17-27-38)52(36-22-12-6-13-23-36)48(57-50)32-40-30-39(43-28-18-9-19-29-44(40)43)31-47-51(35-20-10-5-11-21-35)53(37-24-14-7-15-25-37)49(56-47)33-45(41)55-46/h5-34,55H,3-4H2,1-2H3. The zero-order valence-corrected chi connectivity index (χ0v) is 32.1. The molecular formula is C54H41N3. The number of hydrogen-bond donors (Lipinski definition) is 1. The molecule has 0 amide bonds. The molecule has 5 aromatic rings. The van der Waals surface area contributed by atoms with Crippen LogP contribution in [-0.2, 0) is 12.8 Å².